The summed E-state index contributed by atoms with van der Waals surface area (Å²) < 4.78 is 30.7. The molecule has 0 heterocycles. The number of hydrogen-bond donors (Lipinski definition) is 1. The molecule has 1 aromatic rings. The van der Waals surface area contributed by atoms with Crippen LogP contribution in [0.1, 0.15) is 43.7 Å². The quantitative estimate of drug-likeness (QED) is 0.677. The summed E-state index contributed by atoms with van der Waals surface area (Å²) in [4.78, 5) is 12.6. The van der Waals surface area contributed by atoms with Crippen LogP contribution in [-0.4, -0.2) is 51.2 Å². The van der Waals surface area contributed by atoms with Crippen molar-refractivity contribution in [2.75, 3.05) is 26.5 Å². The fourth-order valence-electron chi connectivity index (χ4n) is 3.04. The Labute approximate surface area is 150 Å². The Hall–Kier alpha value is -1.44. The van der Waals surface area contributed by atoms with Gasteiger partial charge in [0.25, 0.3) is 0 Å². The lowest BCUT2D eigenvalue weighted by Crippen LogP contribution is -2.41. The zero-order valence-corrected chi connectivity index (χ0v) is 15.8. The number of nitrogens with zero attached hydrogens (tertiary/aromatic N) is 1. The van der Waals surface area contributed by atoms with E-state index in [1.807, 2.05) is 6.07 Å². The predicted octanol–water partition coefficient (Wildman–Crippen LogP) is 2.08. The average Bonchev–Trinajstić information content (AvgIpc) is 3.08. The molecule has 0 bridgehead atoms. The Morgan fingerprint density at radius 3 is 2.52 bits per heavy atom. The molecule has 0 unspecified atom stereocenters. The van der Waals surface area contributed by atoms with Gasteiger partial charge in [-0.3, -0.25) is 4.79 Å². The third kappa shape index (κ3) is 6.09. The first-order valence-corrected chi connectivity index (χ1v) is 10.6. The van der Waals surface area contributed by atoms with Crippen LogP contribution in [0.2, 0.25) is 0 Å². The second-order valence-electron chi connectivity index (χ2n) is 6.51. The van der Waals surface area contributed by atoms with Crippen LogP contribution < -0.4 is 5.32 Å². The molecule has 7 heteroatoms. The van der Waals surface area contributed by atoms with E-state index in [1.165, 1.54) is 19.9 Å². The molecule has 1 N–H and O–H groups in total. The Balaban J connectivity index is 1.89. The number of benzene rings is 1. The zero-order chi connectivity index (χ0) is 18.3. The Morgan fingerprint density at radius 1 is 1.28 bits per heavy atom. The minimum atomic E-state index is -3.49. The monoisotopic (exact) mass is 368 g/mol. The van der Waals surface area contributed by atoms with E-state index in [-0.39, 0.29) is 5.91 Å². The van der Waals surface area contributed by atoms with Crippen LogP contribution in [0.4, 0.5) is 0 Å². The number of hydrogen-bond acceptors (Lipinski definition) is 4. The molecule has 0 saturated heterocycles. The van der Waals surface area contributed by atoms with Crippen LogP contribution in [0.5, 0.6) is 0 Å². The van der Waals surface area contributed by atoms with Crippen molar-refractivity contribution in [3.8, 4) is 0 Å². The topological polar surface area (TPSA) is 75.7 Å². The number of carbonyl (C=O) groups excluding carboxylic acids is 1. The summed E-state index contributed by atoms with van der Waals surface area (Å²) in [6, 6.07) is 8.07. The molecule has 1 atom stereocenters. The summed E-state index contributed by atoms with van der Waals surface area (Å²) in [5.41, 5.74) is 0.648. The van der Waals surface area contributed by atoms with Crippen molar-refractivity contribution in [2.24, 2.45) is 0 Å². The number of carbonyl (C=O) groups is 1. The molecular formula is C18H28N2O4S. The van der Waals surface area contributed by atoms with E-state index < -0.39 is 16.1 Å². The normalized spacial score (nSPS) is 16.9. The third-order valence-corrected chi connectivity index (χ3v) is 5.78. The molecular weight excluding hydrogens is 340 g/mol. The molecule has 0 radical (unpaired) electrons. The number of ether oxygens (including phenoxy) is 1. The van der Waals surface area contributed by atoms with Crippen LogP contribution in [-0.2, 0) is 19.6 Å². The maximum absolute atomic E-state index is 12.6. The van der Waals surface area contributed by atoms with E-state index in [4.69, 9.17) is 4.74 Å². The number of sulfonamides is 1. The Kier molecular flexibility index (Phi) is 7.40. The van der Waals surface area contributed by atoms with Gasteiger partial charge >= 0.3 is 0 Å². The largest absolute Gasteiger partial charge is 0.378 e. The van der Waals surface area contributed by atoms with Crippen molar-refractivity contribution in [1.82, 2.24) is 9.62 Å². The van der Waals surface area contributed by atoms with Gasteiger partial charge in [0.1, 0.15) is 6.04 Å². The third-order valence-electron chi connectivity index (χ3n) is 4.53. The minimum Gasteiger partial charge on any atom is -0.378 e. The lowest BCUT2D eigenvalue weighted by Gasteiger charge is -2.25. The van der Waals surface area contributed by atoms with E-state index in [2.05, 4.69) is 5.32 Å². The molecule has 2 rings (SSSR count). The summed E-state index contributed by atoms with van der Waals surface area (Å²) in [7, 11) is -2.07. The zero-order valence-electron chi connectivity index (χ0n) is 15.0. The molecule has 0 aliphatic heterocycles. The standard InChI is InChI=1S/C18H28N2O4S/c1-20(25(2,22)23)17(15-9-4-3-5-10-15)18(21)19-13-8-14-24-16-11-6-7-12-16/h3-5,9-10,16-17H,6-8,11-14H2,1-2H3,(H,19,21)/t17-/m0/s1. The van der Waals surface area contributed by atoms with Crippen molar-refractivity contribution in [2.45, 2.75) is 44.2 Å². The summed E-state index contributed by atoms with van der Waals surface area (Å²) in [6.45, 7) is 1.08. The van der Waals surface area contributed by atoms with Gasteiger partial charge in [0.05, 0.1) is 12.4 Å². The van der Waals surface area contributed by atoms with Gasteiger partial charge in [-0.2, -0.15) is 4.31 Å². The maximum atomic E-state index is 12.6. The molecule has 140 valence electrons. The first-order valence-electron chi connectivity index (χ1n) is 8.77. The predicted molar refractivity (Wildman–Crippen MR) is 97.6 cm³/mol. The minimum absolute atomic E-state index is 0.319. The van der Waals surface area contributed by atoms with E-state index in [9.17, 15) is 13.2 Å². The van der Waals surface area contributed by atoms with Gasteiger partial charge in [0.2, 0.25) is 15.9 Å². The lowest BCUT2D eigenvalue weighted by molar-refractivity contribution is -0.124. The first kappa shape index (κ1) is 19.9. The first-order chi connectivity index (χ1) is 11.9. The molecule has 0 spiro atoms. The van der Waals surface area contributed by atoms with Crippen molar-refractivity contribution < 1.29 is 17.9 Å². The van der Waals surface area contributed by atoms with Crippen molar-refractivity contribution in [3.05, 3.63) is 35.9 Å². The highest BCUT2D eigenvalue weighted by molar-refractivity contribution is 7.88. The van der Waals surface area contributed by atoms with Crippen molar-refractivity contribution >= 4 is 15.9 Å². The van der Waals surface area contributed by atoms with E-state index >= 15 is 0 Å². The van der Waals surface area contributed by atoms with Gasteiger partial charge in [0, 0.05) is 20.2 Å². The van der Waals surface area contributed by atoms with E-state index in [0.29, 0.717) is 31.2 Å². The maximum Gasteiger partial charge on any atom is 0.242 e. The second-order valence-corrected chi connectivity index (χ2v) is 8.56. The van der Waals surface area contributed by atoms with Crippen molar-refractivity contribution in [1.29, 1.82) is 0 Å². The number of nitrogens with one attached hydrogen (secondary N) is 1. The van der Waals surface area contributed by atoms with Gasteiger partial charge in [0.15, 0.2) is 0 Å². The lowest BCUT2D eigenvalue weighted by atomic mass is 10.1. The molecule has 1 fully saturated rings. The van der Waals surface area contributed by atoms with Gasteiger partial charge in [-0.1, -0.05) is 43.2 Å². The highest BCUT2D eigenvalue weighted by atomic mass is 32.2. The molecule has 1 aromatic carbocycles. The SMILES string of the molecule is CN([C@H](C(=O)NCCCOC1CCCC1)c1ccccc1)S(C)(=O)=O. The Bertz CT molecular complexity index is 642. The fourth-order valence-corrected chi connectivity index (χ4v) is 3.64. The van der Waals surface area contributed by atoms with Crippen LogP contribution in [0, 0.1) is 0 Å². The van der Waals surface area contributed by atoms with Crippen LogP contribution in [0.25, 0.3) is 0 Å². The van der Waals surface area contributed by atoms with E-state index in [0.717, 1.165) is 23.4 Å². The summed E-state index contributed by atoms with van der Waals surface area (Å²) in [6.07, 6.45) is 6.90. The van der Waals surface area contributed by atoms with Crippen LogP contribution >= 0.6 is 0 Å². The number of rotatable bonds is 9. The second kappa shape index (κ2) is 9.31. The highest BCUT2D eigenvalue weighted by Crippen LogP contribution is 2.22. The van der Waals surface area contributed by atoms with Crippen molar-refractivity contribution in [3.63, 3.8) is 0 Å². The van der Waals surface area contributed by atoms with E-state index in [1.54, 1.807) is 24.3 Å². The molecule has 6 nitrogen and oxygen atoms in total. The van der Waals surface area contributed by atoms with Crippen LogP contribution in [0.3, 0.4) is 0 Å². The van der Waals surface area contributed by atoms with Crippen LogP contribution in [0.15, 0.2) is 30.3 Å². The summed E-state index contributed by atoms with van der Waals surface area (Å²) >= 11 is 0. The smallest absolute Gasteiger partial charge is 0.242 e. The number of likely N-dealkylation sites (N-methyl/N-ethyl adjacent to an activating group) is 1. The van der Waals surface area contributed by atoms with Gasteiger partial charge in [-0.05, 0) is 24.8 Å². The highest BCUT2D eigenvalue weighted by Gasteiger charge is 2.30. The molecule has 1 aliphatic carbocycles. The molecule has 1 aliphatic rings. The summed E-state index contributed by atoms with van der Waals surface area (Å²) in [5, 5.41) is 2.83. The average molecular weight is 368 g/mol. The molecule has 1 amide bonds. The molecule has 25 heavy (non-hydrogen) atoms. The summed E-state index contributed by atoms with van der Waals surface area (Å²) in [5.74, 6) is -0.319. The fraction of sp³-hybridized carbons (Fsp3) is 0.611. The molecule has 1 saturated carbocycles. The van der Waals surface area contributed by atoms with Gasteiger partial charge in [-0.25, -0.2) is 8.42 Å². The number of amides is 1. The Morgan fingerprint density at radius 2 is 1.92 bits per heavy atom. The molecule has 0 aromatic heterocycles. The van der Waals surface area contributed by atoms with Gasteiger partial charge in [-0.15, -0.1) is 0 Å². The van der Waals surface area contributed by atoms with Gasteiger partial charge < -0.3 is 10.1 Å².